The molecule has 0 aromatic carbocycles. The molecule has 0 atom stereocenters. The first-order chi connectivity index (χ1) is 14.1. The molecule has 0 rings (SSSR count). The second kappa shape index (κ2) is 43.9. The molecule has 0 fully saturated rings. The summed E-state index contributed by atoms with van der Waals surface area (Å²) >= 11 is 39.0. The molecule has 0 amide bonds. The van der Waals surface area contributed by atoms with Crippen LogP contribution in [0.1, 0.15) is 0 Å². The van der Waals surface area contributed by atoms with Crippen LogP contribution in [0.4, 0.5) is 0 Å². The van der Waals surface area contributed by atoms with Crippen LogP contribution in [0.3, 0.4) is 0 Å². The van der Waals surface area contributed by atoms with Crippen LogP contribution in [0.25, 0.3) is 0 Å². The molecule has 0 saturated heterocycles. The Morgan fingerprint density at radius 3 is 0.710 bits per heavy atom. The van der Waals surface area contributed by atoms with Gasteiger partial charge in [-0.15, -0.1) is 26.3 Å². The molecule has 5 nitrogen and oxygen atoms in total. The van der Waals surface area contributed by atoms with Crippen molar-refractivity contribution in [3.63, 3.8) is 0 Å². The second-order valence-corrected chi connectivity index (χ2v) is 8.13. The van der Waals surface area contributed by atoms with E-state index in [1.807, 2.05) is 0 Å². The fourth-order valence-electron chi connectivity index (χ4n) is 0.622. The molecule has 0 bridgehead atoms. The minimum absolute atomic E-state index is 0. The van der Waals surface area contributed by atoms with Crippen molar-refractivity contribution in [2.75, 3.05) is 26.2 Å². The summed E-state index contributed by atoms with van der Waals surface area (Å²) in [4.78, 5) is 0. The molecule has 0 radical (unpaired) electrons. The molecule has 0 spiro atoms. The predicted molar refractivity (Wildman–Crippen MR) is 161 cm³/mol. The first-order valence-electron chi connectivity index (χ1n) is 7.48. The largest absolute Gasteiger partial charge is 4.00 e. The molecule has 0 aliphatic heterocycles. The Labute approximate surface area is 250 Å². The number of thiocarbonyl (C=S) groups is 4. The molecule has 15 heteroatoms. The van der Waals surface area contributed by atoms with Crippen LogP contribution in [0.15, 0.2) is 50.6 Å². The summed E-state index contributed by atoms with van der Waals surface area (Å²) in [6, 6.07) is 0. The maximum atomic E-state index is 7.83. The predicted octanol–water partition coefficient (Wildman–Crippen LogP) is 2.04. The van der Waals surface area contributed by atoms with Gasteiger partial charge in [0.15, 0.2) is 12.5 Å². The fourth-order valence-corrected chi connectivity index (χ4v) is 1.29. The molecule has 0 aromatic rings. The smallest absolute Gasteiger partial charge is 0.412 e. The Kier molecular flexibility index (Phi) is 63.3. The van der Waals surface area contributed by atoms with Gasteiger partial charge in [-0.05, 0) is 0 Å². The third kappa shape index (κ3) is 91.7. The first-order valence-corrected chi connectivity index (χ1v) is 11.1. The monoisotopic (exact) mass is 674 g/mol. The van der Waals surface area contributed by atoms with E-state index in [2.05, 4.69) is 160 Å². The third-order valence-electron chi connectivity index (χ3n) is 1.56. The van der Waals surface area contributed by atoms with Gasteiger partial charge in [-0.3, -0.25) is 0 Å². The normalized spacial score (nSPS) is 6.84. The van der Waals surface area contributed by atoms with E-state index in [0.29, 0.717) is 43.5 Å². The third-order valence-corrected chi connectivity index (χ3v) is 2.72. The van der Waals surface area contributed by atoms with Crippen LogP contribution in [-0.4, -0.2) is 47.7 Å². The topological polar surface area (TPSA) is 65.2 Å². The van der Waals surface area contributed by atoms with Gasteiger partial charge < -0.3 is 121 Å². The average molecular weight is 673 g/mol. The minimum atomic E-state index is 0. The SMILES string of the molecule is C=CCNC(=S)[S-].C=CCNC(=S)[S-].C=CCNC(=S)[S-].C=CCNC(=S)[S-].O=S.[Mo+4]. The van der Waals surface area contributed by atoms with Crippen LogP contribution < -0.4 is 21.3 Å². The maximum Gasteiger partial charge on any atom is 4.00 e. The number of hydrogen-bond acceptors (Lipinski definition) is 10. The zero-order valence-corrected chi connectivity index (χ0v) is 25.8. The van der Waals surface area contributed by atoms with Crippen molar-refractivity contribution in [3.05, 3.63) is 50.6 Å². The van der Waals surface area contributed by atoms with Gasteiger partial charge in [-0.1, -0.05) is 41.6 Å². The van der Waals surface area contributed by atoms with Gasteiger partial charge in [-0.2, -0.15) is 4.21 Å². The fraction of sp³-hybridized carbons (Fsp3) is 0.250. The van der Waals surface area contributed by atoms with Crippen LogP contribution in [0.2, 0.25) is 0 Å². The average Bonchev–Trinajstić information content (AvgIpc) is 2.70. The van der Waals surface area contributed by atoms with Gasteiger partial charge in [0, 0.05) is 26.2 Å². The Balaban J connectivity index is -0.0000000647. The number of nitrogens with one attached hydrogen (secondary N) is 4. The molecule has 0 aromatic heterocycles. The van der Waals surface area contributed by atoms with Gasteiger partial charge in [0.25, 0.3) is 0 Å². The van der Waals surface area contributed by atoms with Gasteiger partial charge >= 0.3 is 21.1 Å². The van der Waals surface area contributed by atoms with E-state index >= 15 is 0 Å². The standard InChI is InChI=1S/4C4H7NS2.Mo.OS/c4*1-2-3-5-4(6)7;;1-2/h4*2H,1,3H2,(H2,5,6,7);;/q;;;;+4;/p-4. The van der Waals surface area contributed by atoms with E-state index in [0.717, 1.165) is 0 Å². The van der Waals surface area contributed by atoms with Crippen molar-refractivity contribution in [3.8, 4) is 0 Å². The maximum absolute atomic E-state index is 7.83. The summed E-state index contributed by atoms with van der Waals surface area (Å²) in [5.74, 6) is 0. The van der Waals surface area contributed by atoms with Crippen LogP contribution >= 0.6 is 48.9 Å². The molecule has 4 N–H and O–H groups in total. The number of hydrogen-bond donors (Lipinski definition) is 4. The van der Waals surface area contributed by atoms with Crippen LogP contribution in [0, 0.1) is 0 Å². The Bertz CT molecular complexity index is 435. The second-order valence-electron chi connectivity index (χ2n) is 3.83. The van der Waals surface area contributed by atoms with E-state index < -0.39 is 0 Å². The van der Waals surface area contributed by atoms with Gasteiger partial charge in [0.2, 0.25) is 0 Å². The van der Waals surface area contributed by atoms with E-state index in [1.165, 1.54) is 0 Å². The molecule has 0 unspecified atom stereocenters. The van der Waals surface area contributed by atoms with Gasteiger partial charge in [-0.25, -0.2) is 0 Å². The van der Waals surface area contributed by atoms with E-state index in [1.54, 1.807) is 24.3 Å². The van der Waals surface area contributed by atoms with Crippen molar-refractivity contribution >= 4 is 129 Å². The van der Waals surface area contributed by atoms with Gasteiger partial charge in [0.1, 0.15) is 0 Å². The molecule has 0 saturated carbocycles. The molecular formula is C16H24MoN4OS9. The zero-order chi connectivity index (χ0) is 24.8. The Morgan fingerprint density at radius 2 is 0.677 bits per heavy atom. The first kappa shape index (κ1) is 44.7. The van der Waals surface area contributed by atoms with Crippen molar-refractivity contribution in [1.82, 2.24) is 21.3 Å². The van der Waals surface area contributed by atoms with Crippen molar-refractivity contribution < 1.29 is 25.3 Å². The van der Waals surface area contributed by atoms with Crippen LogP contribution in [0.5, 0.6) is 0 Å². The number of rotatable bonds is 8. The van der Waals surface area contributed by atoms with Crippen molar-refractivity contribution in [1.29, 1.82) is 0 Å². The minimum Gasteiger partial charge on any atom is -0.412 e. The molecule has 0 heterocycles. The van der Waals surface area contributed by atoms with E-state index in [9.17, 15) is 0 Å². The van der Waals surface area contributed by atoms with E-state index in [-0.39, 0.29) is 21.1 Å². The van der Waals surface area contributed by atoms with Crippen molar-refractivity contribution in [2.24, 2.45) is 0 Å². The summed E-state index contributed by atoms with van der Waals surface area (Å²) in [6.45, 7) is 16.5. The summed E-state index contributed by atoms with van der Waals surface area (Å²) in [6.07, 6.45) is 6.83. The zero-order valence-electron chi connectivity index (χ0n) is 16.5. The van der Waals surface area contributed by atoms with Crippen LogP contribution in [-0.2, 0) is 84.1 Å². The van der Waals surface area contributed by atoms with Gasteiger partial charge in [0.05, 0.1) is 0 Å². The molecule has 174 valence electrons. The van der Waals surface area contributed by atoms with Crippen molar-refractivity contribution in [2.45, 2.75) is 0 Å². The molecule has 31 heavy (non-hydrogen) atoms. The summed E-state index contributed by atoms with van der Waals surface area (Å²) < 4.78 is 9.44. The Morgan fingerprint density at radius 1 is 0.548 bits per heavy atom. The summed E-state index contributed by atoms with van der Waals surface area (Å²) in [5.41, 5.74) is 0. The summed E-state index contributed by atoms with van der Waals surface area (Å²) in [5, 5.41) is 10.9. The quantitative estimate of drug-likeness (QED) is 0.132. The van der Waals surface area contributed by atoms with E-state index in [4.69, 9.17) is 4.21 Å². The Hall–Kier alpha value is 0.108. The molecule has 0 aliphatic rings. The summed E-state index contributed by atoms with van der Waals surface area (Å²) in [7, 11) is 0. The molecule has 0 aliphatic carbocycles. The molecular weight excluding hydrogens is 649 g/mol.